The van der Waals surface area contributed by atoms with Crippen LogP contribution in [0.5, 0.6) is 0 Å². The van der Waals surface area contributed by atoms with Gasteiger partial charge in [0.1, 0.15) is 0 Å². The number of aliphatic imine (C=N–C) groups is 1. The van der Waals surface area contributed by atoms with E-state index >= 15 is 0 Å². The van der Waals surface area contributed by atoms with E-state index in [1.54, 1.807) is 7.05 Å². The Balaban J connectivity index is 0. The second kappa shape index (κ2) is 16.2. The second-order valence-corrected chi connectivity index (χ2v) is 5.05. The molecule has 0 N–H and O–H groups in total. The standard InChI is InChI=1S/C19H17N3.2C2H6.2Y/c1-13-17(19(20-2)21-3)15-11-7-8-12-16(15)22-18(13)14-9-5-4-6-10-14;2*1-2;;/h4-12H,2H2,1,3H3;2*1-2H3;;/q-2;;;;. The molecule has 1 heterocycles. The first-order valence-electron chi connectivity index (χ1n) is 9.15. The largest absolute Gasteiger partial charge is 0.634 e. The summed E-state index contributed by atoms with van der Waals surface area (Å²) >= 11 is 0. The molecule has 2 radical (unpaired) electrons. The van der Waals surface area contributed by atoms with Crippen molar-refractivity contribution in [2.24, 2.45) is 4.99 Å². The average molecular weight is 525 g/mol. The van der Waals surface area contributed by atoms with Gasteiger partial charge < -0.3 is 10.3 Å². The van der Waals surface area contributed by atoms with Gasteiger partial charge in [-0.2, -0.15) is 0 Å². The molecular formula is C23H29N3Y2-2. The monoisotopic (exact) mass is 525 g/mol. The van der Waals surface area contributed by atoms with Crippen LogP contribution in [-0.4, -0.2) is 17.9 Å². The predicted molar refractivity (Wildman–Crippen MR) is 116 cm³/mol. The molecule has 0 aliphatic rings. The molecule has 0 unspecified atom stereocenters. The SMILES string of the molecule is CC.CC.[CH2-]N=C([N-]C)c1c(C)c(-c2ccccc2)nc2ccccc12.[Y].[Y]. The number of nitrogens with zero attached hydrogens (tertiary/aromatic N) is 3. The Morgan fingerprint density at radius 1 is 0.893 bits per heavy atom. The van der Waals surface area contributed by atoms with Crippen LogP contribution in [0.3, 0.4) is 0 Å². The van der Waals surface area contributed by atoms with Crippen molar-refractivity contribution in [3.63, 3.8) is 0 Å². The van der Waals surface area contributed by atoms with Crippen molar-refractivity contribution in [2.75, 3.05) is 7.05 Å². The molecule has 0 saturated heterocycles. The van der Waals surface area contributed by atoms with E-state index in [2.05, 4.69) is 42.5 Å². The number of hydrogen-bond donors (Lipinski definition) is 0. The summed E-state index contributed by atoms with van der Waals surface area (Å²) in [6.45, 7) is 10.1. The summed E-state index contributed by atoms with van der Waals surface area (Å²) in [5.74, 6) is 0.647. The molecule has 3 aromatic rings. The molecule has 0 spiro atoms. The van der Waals surface area contributed by atoms with E-state index in [0.717, 1.165) is 33.3 Å². The van der Waals surface area contributed by atoms with Crippen molar-refractivity contribution in [3.8, 4) is 11.3 Å². The second-order valence-electron chi connectivity index (χ2n) is 5.05. The van der Waals surface area contributed by atoms with Crippen LogP contribution in [-0.2, 0) is 65.4 Å². The summed E-state index contributed by atoms with van der Waals surface area (Å²) in [4.78, 5) is 8.93. The summed E-state index contributed by atoms with van der Waals surface area (Å²) in [6, 6.07) is 18.2. The smallest absolute Gasteiger partial charge is 0.0729 e. The minimum atomic E-state index is 0. The van der Waals surface area contributed by atoms with Crippen LogP contribution in [0.2, 0.25) is 0 Å². The minimum absolute atomic E-state index is 0. The van der Waals surface area contributed by atoms with E-state index in [4.69, 9.17) is 4.98 Å². The van der Waals surface area contributed by atoms with Crippen LogP contribution in [0.1, 0.15) is 38.8 Å². The fraction of sp³-hybridized carbons (Fsp3) is 0.261. The van der Waals surface area contributed by atoms with Gasteiger partial charge in [0.15, 0.2) is 0 Å². The van der Waals surface area contributed by atoms with Crippen LogP contribution < -0.4 is 0 Å². The van der Waals surface area contributed by atoms with Crippen molar-refractivity contribution in [1.29, 1.82) is 0 Å². The van der Waals surface area contributed by atoms with Crippen LogP contribution in [0.15, 0.2) is 59.6 Å². The first-order chi connectivity index (χ1) is 12.8. The van der Waals surface area contributed by atoms with Gasteiger partial charge in [0.25, 0.3) is 0 Å². The molecule has 0 aliphatic heterocycles. The molecule has 0 atom stereocenters. The van der Waals surface area contributed by atoms with Gasteiger partial charge in [-0.1, -0.05) is 88.8 Å². The van der Waals surface area contributed by atoms with Gasteiger partial charge >= 0.3 is 0 Å². The maximum absolute atomic E-state index is 4.84. The number of rotatable bonds is 2. The van der Waals surface area contributed by atoms with Gasteiger partial charge in [-0.3, -0.25) is 7.05 Å². The topological polar surface area (TPSA) is 39.4 Å². The van der Waals surface area contributed by atoms with Crippen LogP contribution in [0.4, 0.5) is 0 Å². The summed E-state index contributed by atoms with van der Waals surface area (Å²) in [6.07, 6.45) is 0. The fourth-order valence-corrected chi connectivity index (χ4v) is 2.73. The summed E-state index contributed by atoms with van der Waals surface area (Å²) < 4.78 is 0. The molecule has 0 bridgehead atoms. The number of pyridine rings is 1. The third-order valence-electron chi connectivity index (χ3n) is 3.77. The van der Waals surface area contributed by atoms with Crippen LogP contribution in [0, 0.1) is 14.0 Å². The molecule has 2 aromatic carbocycles. The Morgan fingerprint density at radius 2 is 1.43 bits per heavy atom. The molecule has 144 valence electrons. The molecular weight excluding hydrogens is 496 g/mol. The van der Waals surface area contributed by atoms with E-state index in [-0.39, 0.29) is 65.4 Å². The molecule has 0 saturated carbocycles. The third kappa shape index (κ3) is 7.02. The molecule has 0 aliphatic carbocycles. The van der Waals surface area contributed by atoms with E-state index < -0.39 is 0 Å². The van der Waals surface area contributed by atoms with Gasteiger partial charge in [-0.05, 0) is 23.9 Å². The number of amidine groups is 1. The number of fused-ring (bicyclic) bond motifs is 1. The van der Waals surface area contributed by atoms with Gasteiger partial charge in [-0.25, -0.2) is 10.8 Å². The zero-order chi connectivity index (χ0) is 19.5. The predicted octanol–water partition coefficient (Wildman–Crippen LogP) is 6.80. The number of para-hydroxylation sites is 1. The number of aromatic nitrogens is 1. The molecule has 0 amide bonds. The van der Waals surface area contributed by atoms with Gasteiger partial charge in [0.2, 0.25) is 0 Å². The van der Waals surface area contributed by atoms with Crippen LogP contribution in [0.25, 0.3) is 27.5 Å². The first-order valence-corrected chi connectivity index (χ1v) is 9.15. The van der Waals surface area contributed by atoms with Crippen molar-refractivity contribution in [1.82, 2.24) is 4.98 Å². The Labute approximate surface area is 221 Å². The molecule has 0 fully saturated rings. The fourth-order valence-electron chi connectivity index (χ4n) is 2.73. The van der Waals surface area contributed by atoms with Crippen molar-refractivity contribution < 1.29 is 65.4 Å². The quantitative estimate of drug-likeness (QED) is 0.206. The molecule has 28 heavy (non-hydrogen) atoms. The average Bonchev–Trinajstić information content (AvgIpc) is 2.73. The van der Waals surface area contributed by atoms with E-state index in [0.29, 0.717) is 5.84 Å². The number of benzene rings is 2. The summed E-state index contributed by atoms with van der Waals surface area (Å²) in [5, 5.41) is 5.33. The van der Waals surface area contributed by atoms with Crippen molar-refractivity contribution in [3.05, 3.63) is 78.1 Å². The zero-order valence-electron chi connectivity index (χ0n) is 17.9. The van der Waals surface area contributed by atoms with Gasteiger partial charge in [0.05, 0.1) is 11.2 Å². The molecule has 5 heteroatoms. The van der Waals surface area contributed by atoms with E-state index in [1.165, 1.54) is 0 Å². The Morgan fingerprint density at radius 3 is 1.96 bits per heavy atom. The normalized spacial score (nSPS) is 9.57. The maximum atomic E-state index is 4.84. The molecule has 1 aromatic heterocycles. The van der Waals surface area contributed by atoms with E-state index in [9.17, 15) is 0 Å². The minimum Gasteiger partial charge on any atom is -0.634 e. The van der Waals surface area contributed by atoms with Crippen LogP contribution >= 0.6 is 0 Å². The summed E-state index contributed by atoms with van der Waals surface area (Å²) in [5.41, 5.74) is 5.05. The third-order valence-corrected chi connectivity index (χ3v) is 3.77. The Bertz CT molecular complexity index is 847. The first kappa shape index (κ1) is 29.6. The van der Waals surface area contributed by atoms with Gasteiger partial charge in [-0.15, -0.1) is 0 Å². The molecule has 3 rings (SSSR count). The van der Waals surface area contributed by atoms with Gasteiger partial charge in [0, 0.05) is 71.0 Å². The number of hydrogen-bond acceptors (Lipinski definition) is 2. The maximum Gasteiger partial charge on any atom is 0.0729 e. The van der Waals surface area contributed by atoms with E-state index in [1.807, 2.05) is 64.1 Å². The summed E-state index contributed by atoms with van der Waals surface area (Å²) in [7, 11) is 5.39. The van der Waals surface area contributed by atoms with Crippen molar-refractivity contribution >= 4 is 16.7 Å². The van der Waals surface area contributed by atoms with Crippen molar-refractivity contribution in [2.45, 2.75) is 34.6 Å². The zero-order valence-corrected chi connectivity index (χ0v) is 23.6. The Kier molecular flexibility index (Phi) is 17.1. The molecule has 3 nitrogen and oxygen atoms in total. The Hall–Kier alpha value is -0.602.